The molecular formula is C12H12N2O4S2. The molecule has 0 radical (unpaired) electrons. The molecule has 6 nitrogen and oxygen atoms in total. The normalized spacial score (nSPS) is 11.3. The zero-order valence-electron chi connectivity index (χ0n) is 10.7. The minimum Gasteiger partial charge on any atom is -0.477 e. The highest BCUT2D eigenvalue weighted by molar-refractivity contribution is 7.92. The van der Waals surface area contributed by atoms with Crippen molar-refractivity contribution in [2.75, 3.05) is 4.72 Å². The van der Waals surface area contributed by atoms with Crippen LogP contribution in [-0.4, -0.2) is 24.5 Å². The Balaban J connectivity index is 2.32. The lowest BCUT2D eigenvalue weighted by atomic mass is 10.2. The summed E-state index contributed by atoms with van der Waals surface area (Å²) in [4.78, 5) is 14.7. The third-order valence-corrected chi connectivity index (χ3v) is 4.83. The lowest BCUT2D eigenvalue weighted by Crippen LogP contribution is -2.13. The Morgan fingerprint density at radius 1 is 1.30 bits per heavy atom. The van der Waals surface area contributed by atoms with Gasteiger partial charge in [0, 0.05) is 11.1 Å². The Kier molecular flexibility index (Phi) is 3.78. The van der Waals surface area contributed by atoms with Gasteiger partial charge < -0.3 is 5.11 Å². The van der Waals surface area contributed by atoms with Gasteiger partial charge in [0.2, 0.25) is 0 Å². The molecule has 20 heavy (non-hydrogen) atoms. The highest BCUT2D eigenvalue weighted by atomic mass is 32.2. The number of nitrogens with one attached hydrogen (secondary N) is 1. The minimum absolute atomic E-state index is 0.0289. The summed E-state index contributed by atoms with van der Waals surface area (Å²) in [6.07, 6.45) is 0. The molecular weight excluding hydrogens is 300 g/mol. The zero-order valence-corrected chi connectivity index (χ0v) is 12.4. The summed E-state index contributed by atoms with van der Waals surface area (Å²) in [6.45, 7) is 3.59. The molecule has 0 aliphatic carbocycles. The number of aryl methyl sites for hydroxylation is 2. The highest BCUT2D eigenvalue weighted by Crippen LogP contribution is 2.22. The van der Waals surface area contributed by atoms with Gasteiger partial charge in [-0.05, 0) is 37.6 Å². The quantitative estimate of drug-likeness (QED) is 0.902. The van der Waals surface area contributed by atoms with E-state index < -0.39 is 16.0 Å². The molecule has 0 amide bonds. The molecule has 0 fully saturated rings. The fraction of sp³-hybridized carbons (Fsp3) is 0.167. The van der Waals surface area contributed by atoms with E-state index in [4.69, 9.17) is 5.11 Å². The van der Waals surface area contributed by atoms with Crippen LogP contribution in [-0.2, 0) is 10.0 Å². The van der Waals surface area contributed by atoms with Crippen molar-refractivity contribution < 1.29 is 18.3 Å². The second-order valence-corrected chi connectivity index (χ2v) is 6.82. The van der Waals surface area contributed by atoms with Gasteiger partial charge in [-0.3, -0.25) is 4.72 Å². The van der Waals surface area contributed by atoms with Crippen molar-refractivity contribution in [3.63, 3.8) is 0 Å². The molecule has 2 heterocycles. The molecule has 0 unspecified atom stereocenters. The topological polar surface area (TPSA) is 96.4 Å². The fourth-order valence-electron chi connectivity index (χ4n) is 1.66. The van der Waals surface area contributed by atoms with Crippen LogP contribution in [0.15, 0.2) is 28.5 Å². The van der Waals surface area contributed by atoms with Crippen molar-refractivity contribution in [3.8, 4) is 0 Å². The van der Waals surface area contributed by atoms with E-state index in [1.807, 2.05) is 13.0 Å². The number of carboxylic acids is 1. The van der Waals surface area contributed by atoms with Crippen molar-refractivity contribution in [1.29, 1.82) is 0 Å². The van der Waals surface area contributed by atoms with E-state index in [2.05, 4.69) is 9.71 Å². The molecule has 2 aromatic heterocycles. The number of aromatic nitrogens is 1. The number of nitrogens with zero attached hydrogens (tertiary/aromatic N) is 1. The number of rotatable bonds is 4. The van der Waals surface area contributed by atoms with Crippen molar-refractivity contribution in [2.24, 2.45) is 0 Å². The van der Waals surface area contributed by atoms with Gasteiger partial charge in [0.05, 0.1) is 4.90 Å². The van der Waals surface area contributed by atoms with Crippen molar-refractivity contribution in [3.05, 3.63) is 39.7 Å². The van der Waals surface area contributed by atoms with Crippen LogP contribution in [0.25, 0.3) is 0 Å². The number of carbonyl (C=O) groups is 1. The van der Waals surface area contributed by atoms with Gasteiger partial charge in [-0.25, -0.2) is 18.2 Å². The van der Waals surface area contributed by atoms with Crippen LogP contribution >= 0.6 is 11.3 Å². The molecule has 8 heteroatoms. The van der Waals surface area contributed by atoms with Crippen LogP contribution in [0.2, 0.25) is 0 Å². The average molecular weight is 312 g/mol. The van der Waals surface area contributed by atoms with E-state index >= 15 is 0 Å². The summed E-state index contributed by atoms with van der Waals surface area (Å²) in [5.41, 5.74) is 1.57. The predicted molar refractivity (Wildman–Crippen MR) is 75.8 cm³/mol. The van der Waals surface area contributed by atoms with Gasteiger partial charge in [-0.1, -0.05) is 0 Å². The molecule has 0 saturated heterocycles. The Morgan fingerprint density at radius 2 is 2.00 bits per heavy atom. The number of thiophene rings is 1. The molecule has 0 aliphatic rings. The number of pyridine rings is 1. The maximum absolute atomic E-state index is 12.1. The predicted octanol–water partition coefficient (Wildman–Crippen LogP) is 2.26. The molecule has 0 aliphatic heterocycles. The molecule has 2 rings (SSSR count). The van der Waals surface area contributed by atoms with E-state index in [0.717, 1.165) is 23.0 Å². The molecule has 0 spiro atoms. The third-order valence-electron chi connectivity index (χ3n) is 2.43. The van der Waals surface area contributed by atoms with Gasteiger partial charge in [0.1, 0.15) is 10.7 Å². The summed E-state index contributed by atoms with van der Waals surface area (Å²) in [7, 11) is -3.82. The van der Waals surface area contributed by atoms with E-state index in [0.29, 0.717) is 5.69 Å². The number of carboxylic acid groups (broad SMARTS) is 1. The van der Waals surface area contributed by atoms with Crippen molar-refractivity contribution >= 4 is 33.1 Å². The van der Waals surface area contributed by atoms with Gasteiger partial charge in [0.25, 0.3) is 10.0 Å². The maximum Gasteiger partial charge on any atom is 0.345 e. The van der Waals surface area contributed by atoms with Gasteiger partial charge in [-0.2, -0.15) is 0 Å². The van der Waals surface area contributed by atoms with Gasteiger partial charge in [0.15, 0.2) is 0 Å². The van der Waals surface area contributed by atoms with Crippen LogP contribution in [0.3, 0.4) is 0 Å². The highest BCUT2D eigenvalue weighted by Gasteiger charge is 2.19. The summed E-state index contributed by atoms with van der Waals surface area (Å²) >= 11 is 0.862. The second kappa shape index (κ2) is 5.22. The zero-order chi connectivity index (χ0) is 14.9. The summed E-state index contributed by atoms with van der Waals surface area (Å²) < 4.78 is 26.6. The van der Waals surface area contributed by atoms with E-state index in [9.17, 15) is 13.2 Å². The fourth-order valence-corrected chi connectivity index (χ4v) is 3.77. The molecule has 0 saturated carbocycles. The first kappa shape index (κ1) is 14.5. The Hall–Kier alpha value is -1.93. The molecule has 2 aromatic rings. The number of hydrogen-bond donors (Lipinski definition) is 2. The van der Waals surface area contributed by atoms with E-state index in [1.165, 1.54) is 5.38 Å². The standard InChI is InChI=1S/C12H12N2O4S2/c1-7-3-8(2)13-11(4-7)14-20(17,18)9-5-10(12(15)16)19-6-9/h3-6H,1-2H3,(H,13,14)(H,15,16). The smallest absolute Gasteiger partial charge is 0.345 e. The molecule has 0 atom stereocenters. The lowest BCUT2D eigenvalue weighted by Gasteiger charge is -2.07. The Labute approximate surface area is 120 Å². The Bertz CT molecular complexity index is 745. The average Bonchev–Trinajstić information content (AvgIpc) is 2.76. The van der Waals surface area contributed by atoms with E-state index in [1.54, 1.807) is 13.0 Å². The number of aromatic carboxylic acids is 1. The molecule has 106 valence electrons. The van der Waals surface area contributed by atoms with Crippen LogP contribution < -0.4 is 4.72 Å². The SMILES string of the molecule is Cc1cc(C)nc(NS(=O)(=O)c2csc(C(=O)O)c2)c1. The molecule has 2 N–H and O–H groups in total. The van der Waals surface area contributed by atoms with Crippen LogP contribution in [0.1, 0.15) is 20.9 Å². The van der Waals surface area contributed by atoms with E-state index in [-0.39, 0.29) is 15.6 Å². The van der Waals surface area contributed by atoms with Gasteiger partial charge in [-0.15, -0.1) is 11.3 Å². The summed E-state index contributed by atoms with van der Waals surface area (Å²) in [5.74, 6) is -0.938. The number of anilines is 1. The minimum atomic E-state index is -3.82. The molecule has 0 aromatic carbocycles. The Morgan fingerprint density at radius 3 is 2.55 bits per heavy atom. The van der Waals surface area contributed by atoms with Crippen LogP contribution in [0.4, 0.5) is 5.82 Å². The first-order chi connectivity index (χ1) is 9.28. The second-order valence-electron chi connectivity index (χ2n) is 4.23. The first-order valence-electron chi connectivity index (χ1n) is 5.58. The number of sulfonamides is 1. The summed E-state index contributed by atoms with van der Waals surface area (Å²) in [5, 5.41) is 10.1. The monoisotopic (exact) mass is 312 g/mol. The summed E-state index contributed by atoms with van der Waals surface area (Å²) in [6, 6.07) is 4.55. The molecule has 0 bridgehead atoms. The largest absolute Gasteiger partial charge is 0.477 e. The lowest BCUT2D eigenvalue weighted by molar-refractivity contribution is 0.0702. The number of hydrogen-bond acceptors (Lipinski definition) is 5. The van der Waals surface area contributed by atoms with Crippen molar-refractivity contribution in [2.45, 2.75) is 18.7 Å². The van der Waals surface area contributed by atoms with Crippen LogP contribution in [0, 0.1) is 13.8 Å². The third kappa shape index (κ3) is 3.14. The van der Waals surface area contributed by atoms with Crippen molar-refractivity contribution in [1.82, 2.24) is 4.98 Å². The first-order valence-corrected chi connectivity index (χ1v) is 7.94. The van der Waals surface area contributed by atoms with Crippen LogP contribution in [0.5, 0.6) is 0 Å². The van der Waals surface area contributed by atoms with Gasteiger partial charge >= 0.3 is 5.97 Å². The maximum atomic E-state index is 12.1.